The molecule has 0 bridgehead atoms. The highest BCUT2D eigenvalue weighted by atomic mass is 32.2. The van der Waals surface area contributed by atoms with Crippen molar-refractivity contribution in [2.45, 2.75) is 18.1 Å². The molecule has 1 aromatic heterocycles. The van der Waals surface area contributed by atoms with Crippen LogP contribution in [0.5, 0.6) is 0 Å². The average molecular weight is 318 g/mol. The van der Waals surface area contributed by atoms with Crippen LogP contribution in [0.15, 0.2) is 48.7 Å². The number of hydrogen-bond acceptors (Lipinski definition) is 4. The van der Waals surface area contributed by atoms with Gasteiger partial charge in [0.1, 0.15) is 5.82 Å². The van der Waals surface area contributed by atoms with Gasteiger partial charge in [-0.3, -0.25) is 4.98 Å². The summed E-state index contributed by atoms with van der Waals surface area (Å²) in [7, 11) is 0. The number of benzene rings is 1. The third-order valence-corrected chi connectivity index (χ3v) is 5.14. The molecule has 3 rings (SSSR count). The van der Waals surface area contributed by atoms with Crippen LogP contribution in [0.2, 0.25) is 0 Å². The fourth-order valence-corrected chi connectivity index (χ4v) is 3.92. The summed E-state index contributed by atoms with van der Waals surface area (Å²) < 4.78 is 13.2. The van der Waals surface area contributed by atoms with Crippen molar-refractivity contribution >= 4 is 11.8 Å². The summed E-state index contributed by atoms with van der Waals surface area (Å²) in [4.78, 5) is 4.40. The molecule has 1 aliphatic heterocycles. The number of pyridine rings is 1. The molecule has 116 valence electrons. The third kappa shape index (κ3) is 3.66. The number of nitrogens with one attached hydrogen (secondary N) is 1. The Labute approximate surface area is 134 Å². The van der Waals surface area contributed by atoms with Crippen molar-refractivity contribution in [3.05, 3.63) is 65.7 Å². The molecule has 0 radical (unpaired) electrons. The summed E-state index contributed by atoms with van der Waals surface area (Å²) in [5, 5.41) is 13.9. The standard InChI is InChI=1S/C17H19FN2OS/c18-14-6-4-13(5-7-14)16(15-3-1-2-9-19-15)20-11-17(21)8-10-22-12-17/h1-7,9,16,20-21H,8,10-12H2/t16-,17+/m0/s1. The van der Waals surface area contributed by atoms with Crippen molar-refractivity contribution < 1.29 is 9.50 Å². The largest absolute Gasteiger partial charge is 0.388 e. The zero-order chi connectivity index (χ0) is 15.4. The van der Waals surface area contributed by atoms with E-state index in [0.717, 1.165) is 29.2 Å². The van der Waals surface area contributed by atoms with Crippen LogP contribution in [0.4, 0.5) is 4.39 Å². The van der Waals surface area contributed by atoms with Crippen LogP contribution in [0.25, 0.3) is 0 Å². The van der Waals surface area contributed by atoms with E-state index in [9.17, 15) is 9.50 Å². The van der Waals surface area contributed by atoms with Gasteiger partial charge in [-0.05, 0) is 42.0 Å². The lowest BCUT2D eigenvalue weighted by molar-refractivity contribution is 0.0657. The fourth-order valence-electron chi connectivity index (χ4n) is 2.62. The zero-order valence-electron chi connectivity index (χ0n) is 12.2. The lowest BCUT2D eigenvalue weighted by Crippen LogP contribution is -2.42. The van der Waals surface area contributed by atoms with Gasteiger partial charge in [0.15, 0.2) is 0 Å². The smallest absolute Gasteiger partial charge is 0.123 e. The Morgan fingerprint density at radius 3 is 2.73 bits per heavy atom. The molecule has 0 amide bonds. The van der Waals surface area contributed by atoms with Crippen molar-refractivity contribution in [2.24, 2.45) is 0 Å². The van der Waals surface area contributed by atoms with Crippen LogP contribution in [0.3, 0.4) is 0 Å². The van der Waals surface area contributed by atoms with E-state index in [4.69, 9.17) is 0 Å². The second-order valence-corrected chi connectivity index (χ2v) is 6.75. The number of thioether (sulfide) groups is 1. The van der Waals surface area contributed by atoms with Crippen molar-refractivity contribution in [3.63, 3.8) is 0 Å². The molecule has 3 nitrogen and oxygen atoms in total. The van der Waals surface area contributed by atoms with Gasteiger partial charge in [-0.15, -0.1) is 0 Å². The molecule has 1 aromatic carbocycles. The quantitative estimate of drug-likeness (QED) is 0.890. The Balaban J connectivity index is 1.81. The van der Waals surface area contributed by atoms with Crippen LogP contribution < -0.4 is 5.32 Å². The molecule has 0 aliphatic carbocycles. The minimum Gasteiger partial charge on any atom is -0.388 e. The molecule has 2 N–H and O–H groups in total. The Hall–Kier alpha value is -1.43. The molecule has 1 saturated heterocycles. The van der Waals surface area contributed by atoms with E-state index in [1.165, 1.54) is 12.1 Å². The van der Waals surface area contributed by atoms with E-state index in [2.05, 4.69) is 10.3 Å². The molecule has 2 heterocycles. The number of aliphatic hydroxyl groups is 1. The Kier molecular flexibility index (Phi) is 4.76. The lowest BCUT2D eigenvalue weighted by atomic mass is 9.99. The third-order valence-electron chi connectivity index (χ3n) is 3.90. The number of hydrogen-bond donors (Lipinski definition) is 2. The SMILES string of the molecule is O[C@@]1(CN[C@@H](c2ccc(F)cc2)c2ccccn2)CCSC1. The average Bonchev–Trinajstić information content (AvgIpc) is 2.97. The first kappa shape index (κ1) is 15.5. The summed E-state index contributed by atoms with van der Waals surface area (Å²) in [5.41, 5.74) is 1.13. The summed E-state index contributed by atoms with van der Waals surface area (Å²) in [6.45, 7) is 0.499. The monoisotopic (exact) mass is 318 g/mol. The minimum atomic E-state index is -0.669. The molecule has 0 unspecified atom stereocenters. The van der Waals surface area contributed by atoms with Gasteiger partial charge in [-0.1, -0.05) is 18.2 Å². The summed E-state index contributed by atoms with van der Waals surface area (Å²) >= 11 is 1.77. The van der Waals surface area contributed by atoms with Gasteiger partial charge in [0, 0.05) is 18.5 Å². The second-order valence-electron chi connectivity index (χ2n) is 5.65. The molecule has 0 saturated carbocycles. The van der Waals surface area contributed by atoms with Gasteiger partial charge < -0.3 is 10.4 Å². The number of aromatic nitrogens is 1. The van der Waals surface area contributed by atoms with Gasteiger partial charge >= 0.3 is 0 Å². The summed E-state index contributed by atoms with van der Waals surface area (Å²) in [6.07, 6.45) is 2.54. The maximum Gasteiger partial charge on any atom is 0.123 e. The molecule has 1 fully saturated rings. The molecule has 1 aliphatic rings. The molecule has 2 atom stereocenters. The van der Waals surface area contributed by atoms with E-state index < -0.39 is 5.60 Å². The van der Waals surface area contributed by atoms with Gasteiger partial charge in [-0.25, -0.2) is 4.39 Å². The van der Waals surface area contributed by atoms with Crippen LogP contribution in [0, 0.1) is 5.82 Å². The second kappa shape index (κ2) is 6.77. The van der Waals surface area contributed by atoms with Crippen molar-refractivity contribution in [3.8, 4) is 0 Å². The van der Waals surface area contributed by atoms with Crippen molar-refractivity contribution in [1.29, 1.82) is 0 Å². The summed E-state index contributed by atoms with van der Waals surface area (Å²) in [5.74, 6) is 1.48. The highest BCUT2D eigenvalue weighted by molar-refractivity contribution is 7.99. The molecule has 5 heteroatoms. The highest BCUT2D eigenvalue weighted by Crippen LogP contribution is 2.29. The Morgan fingerprint density at radius 2 is 2.09 bits per heavy atom. The van der Waals surface area contributed by atoms with Gasteiger partial charge in [0.25, 0.3) is 0 Å². The van der Waals surface area contributed by atoms with Gasteiger partial charge in [0.2, 0.25) is 0 Å². The maximum absolute atomic E-state index is 13.2. The molecule has 2 aromatic rings. The zero-order valence-corrected chi connectivity index (χ0v) is 13.0. The number of rotatable bonds is 5. The minimum absolute atomic E-state index is 0.156. The topological polar surface area (TPSA) is 45.1 Å². The van der Waals surface area contributed by atoms with Crippen molar-refractivity contribution in [1.82, 2.24) is 10.3 Å². The van der Waals surface area contributed by atoms with Crippen LogP contribution in [0.1, 0.15) is 23.7 Å². The van der Waals surface area contributed by atoms with Crippen molar-refractivity contribution in [2.75, 3.05) is 18.1 Å². The van der Waals surface area contributed by atoms with Crippen LogP contribution in [-0.2, 0) is 0 Å². The molecule has 22 heavy (non-hydrogen) atoms. The van der Waals surface area contributed by atoms with Crippen LogP contribution in [-0.4, -0.2) is 33.7 Å². The predicted molar refractivity (Wildman–Crippen MR) is 87.4 cm³/mol. The first-order valence-corrected chi connectivity index (χ1v) is 8.52. The fraction of sp³-hybridized carbons (Fsp3) is 0.353. The highest BCUT2D eigenvalue weighted by Gasteiger charge is 2.32. The number of nitrogens with zero attached hydrogens (tertiary/aromatic N) is 1. The van der Waals surface area contributed by atoms with E-state index in [1.807, 2.05) is 18.2 Å². The van der Waals surface area contributed by atoms with E-state index in [1.54, 1.807) is 30.1 Å². The van der Waals surface area contributed by atoms with Crippen LogP contribution >= 0.6 is 11.8 Å². The van der Waals surface area contributed by atoms with Gasteiger partial charge in [-0.2, -0.15) is 11.8 Å². The lowest BCUT2D eigenvalue weighted by Gasteiger charge is -2.26. The molecule has 0 spiro atoms. The number of halogens is 1. The summed E-state index contributed by atoms with van der Waals surface area (Å²) in [6, 6.07) is 12.0. The van der Waals surface area contributed by atoms with Gasteiger partial charge in [0.05, 0.1) is 17.3 Å². The normalized spacial score (nSPS) is 22.6. The molecular formula is C17H19FN2OS. The Morgan fingerprint density at radius 1 is 1.27 bits per heavy atom. The van der Waals surface area contributed by atoms with E-state index in [0.29, 0.717) is 6.54 Å². The molecular weight excluding hydrogens is 299 g/mol. The van der Waals surface area contributed by atoms with E-state index >= 15 is 0 Å². The first-order valence-electron chi connectivity index (χ1n) is 7.36. The maximum atomic E-state index is 13.2. The predicted octanol–water partition coefficient (Wildman–Crippen LogP) is 2.77. The van der Waals surface area contributed by atoms with E-state index in [-0.39, 0.29) is 11.9 Å². The first-order chi connectivity index (χ1) is 10.7. The Bertz CT molecular complexity index is 600.